The van der Waals surface area contributed by atoms with Crippen LogP contribution in [0.4, 0.5) is 0 Å². The van der Waals surface area contributed by atoms with E-state index >= 15 is 0 Å². The first-order valence-corrected chi connectivity index (χ1v) is 3.42. The minimum Gasteiger partial charge on any atom is -0.480 e. The molecule has 1 heterocycles. The number of carbonyl (C=O) groups is 1. The lowest BCUT2D eigenvalue weighted by molar-refractivity contribution is -0.136. The number of carboxylic acids is 1. The number of hydrogen-bond acceptors (Lipinski definition) is 2. The number of nitrogens with zero attached hydrogens (tertiary/aromatic N) is 1. The molecule has 4 heteroatoms. The minimum absolute atomic E-state index is 0.502. The topological polar surface area (TPSA) is 50.2 Å². The van der Waals surface area contributed by atoms with Crippen molar-refractivity contribution < 1.29 is 9.90 Å². The van der Waals surface area contributed by atoms with Gasteiger partial charge in [0.05, 0.1) is 0 Å². The van der Waals surface area contributed by atoms with Gasteiger partial charge in [0, 0.05) is 12.4 Å². The maximum atomic E-state index is 10.3. The molecule has 1 aromatic heterocycles. The summed E-state index contributed by atoms with van der Waals surface area (Å²) in [4.78, 5) is 14.1. The molecule has 3 nitrogen and oxygen atoms in total. The van der Waals surface area contributed by atoms with Gasteiger partial charge in [0.1, 0.15) is 0 Å². The van der Waals surface area contributed by atoms with Crippen molar-refractivity contribution >= 4 is 17.6 Å². The fourth-order valence-corrected chi connectivity index (χ4v) is 0.798. The molecule has 0 radical (unpaired) electrons. The van der Waals surface area contributed by atoms with Gasteiger partial charge >= 0.3 is 5.97 Å². The lowest BCUT2D eigenvalue weighted by Gasteiger charge is -2.01. The van der Waals surface area contributed by atoms with E-state index in [-0.39, 0.29) is 0 Å². The molecule has 1 atom stereocenters. The van der Waals surface area contributed by atoms with Crippen LogP contribution in [0.25, 0.3) is 0 Å². The number of aromatic nitrogens is 1. The van der Waals surface area contributed by atoms with Crippen LogP contribution in [0, 0.1) is 0 Å². The number of aliphatic carboxylic acids is 1. The number of hydrogen-bond donors (Lipinski definition) is 1. The number of pyridine rings is 1. The molecule has 1 aromatic rings. The van der Waals surface area contributed by atoms with Crippen molar-refractivity contribution in [1.29, 1.82) is 0 Å². The maximum absolute atomic E-state index is 10.3. The summed E-state index contributed by atoms with van der Waals surface area (Å²) in [5.74, 6) is -1.06. The van der Waals surface area contributed by atoms with Gasteiger partial charge in [-0.05, 0) is 11.6 Å². The third kappa shape index (κ3) is 1.91. The highest BCUT2D eigenvalue weighted by Gasteiger charge is 2.15. The highest BCUT2D eigenvalue weighted by molar-refractivity contribution is 6.29. The van der Waals surface area contributed by atoms with E-state index in [9.17, 15) is 4.79 Å². The molecule has 0 amide bonds. The summed E-state index contributed by atoms with van der Waals surface area (Å²) >= 11 is 5.50. The SMILES string of the molecule is O=C(O)[C@@H](Cl)c1cccnc1. The van der Waals surface area contributed by atoms with E-state index in [1.807, 2.05) is 0 Å². The number of carboxylic acid groups (broad SMARTS) is 1. The molecule has 0 aliphatic rings. The van der Waals surface area contributed by atoms with Crippen molar-refractivity contribution in [2.75, 3.05) is 0 Å². The normalized spacial score (nSPS) is 12.5. The summed E-state index contributed by atoms with van der Waals surface area (Å²) < 4.78 is 0. The molecule has 0 bridgehead atoms. The van der Waals surface area contributed by atoms with E-state index in [1.54, 1.807) is 18.3 Å². The van der Waals surface area contributed by atoms with Crippen LogP contribution in [-0.4, -0.2) is 16.1 Å². The fourth-order valence-electron chi connectivity index (χ4n) is 0.668. The van der Waals surface area contributed by atoms with Crippen molar-refractivity contribution in [2.45, 2.75) is 5.38 Å². The van der Waals surface area contributed by atoms with Crippen LogP contribution in [0.3, 0.4) is 0 Å². The quantitative estimate of drug-likeness (QED) is 0.686. The third-order valence-corrected chi connectivity index (χ3v) is 1.63. The largest absolute Gasteiger partial charge is 0.480 e. The highest BCUT2D eigenvalue weighted by Crippen LogP contribution is 2.18. The van der Waals surface area contributed by atoms with E-state index < -0.39 is 11.3 Å². The van der Waals surface area contributed by atoms with E-state index in [1.165, 1.54) is 6.20 Å². The molecule has 0 aromatic carbocycles. The van der Waals surface area contributed by atoms with Crippen LogP contribution < -0.4 is 0 Å². The Bertz CT molecular complexity index is 250. The van der Waals surface area contributed by atoms with Gasteiger partial charge in [-0.2, -0.15) is 0 Å². The zero-order chi connectivity index (χ0) is 8.27. The number of halogens is 1. The Morgan fingerprint density at radius 1 is 1.73 bits per heavy atom. The van der Waals surface area contributed by atoms with Gasteiger partial charge in [0.2, 0.25) is 0 Å². The first kappa shape index (κ1) is 8.01. The Labute approximate surface area is 68.6 Å². The average Bonchev–Trinajstić information content (AvgIpc) is 2.05. The molecule has 1 N–H and O–H groups in total. The van der Waals surface area contributed by atoms with Gasteiger partial charge < -0.3 is 5.11 Å². The summed E-state index contributed by atoms with van der Waals surface area (Å²) in [5, 5.41) is 7.48. The molecule has 0 spiro atoms. The lowest BCUT2D eigenvalue weighted by Crippen LogP contribution is -2.04. The smallest absolute Gasteiger partial charge is 0.326 e. The minimum atomic E-state index is -1.06. The van der Waals surface area contributed by atoms with Gasteiger partial charge in [-0.15, -0.1) is 11.6 Å². The number of rotatable bonds is 2. The predicted octanol–water partition coefficient (Wildman–Crippen LogP) is 1.45. The first-order valence-electron chi connectivity index (χ1n) is 2.98. The van der Waals surface area contributed by atoms with E-state index in [0.717, 1.165) is 0 Å². The van der Waals surface area contributed by atoms with Crippen LogP contribution in [0.15, 0.2) is 24.5 Å². The molecule has 0 unspecified atom stereocenters. The van der Waals surface area contributed by atoms with Crippen LogP contribution in [0.2, 0.25) is 0 Å². The van der Waals surface area contributed by atoms with Gasteiger partial charge in [0.25, 0.3) is 0 Å². The van der Waals surface area contributed by atoms with Crippen LogP contribution in [0.5, 0.6) is 0 Å². The molecular weight excluding hydrogens is 166 g/mol. The Kier molecular flexibility index (Phi) is 2.44. The average molecular weight is 172 g/mol. The summed E-state index contributed by atoms with van der Waals surface area (Å²) in [6.07, 6.45) is 3.00. The molecule has 58 valence electrons. The van der Waals surface area contributed by atoms with Crippen molar-refractivity contribution in [2.24, 2.45) is 0 Å². The predicted molar refractivity (Wildman–Crippen MR) is 40.5 cm³/mol. The Morgan fingerprint density at radius 3 is 2.91 bits per heavy atom. The second-order valence-corrected chi connectivity index (χ2v) is 2.42. The Morgan fingerprint density at radius 2 is 2.45 bits per heavy atom. The standard InChI is InChI=1S/C7H6ClNO2/c8-6(7(10)11)5-2-1-3-9-4-5/h1-4,6H,(H,10,11)/t6-/m0/s1. The summed E-state index contributed by atoms with van der Waals surface area (Å²) in [6, 6.07) is 3.27. The van der Waals surface area contributed by atoms with E-state index in [4.69, 9.17) is 16.7 Å². The molecule has 0 saturated heterocycles. The summed E-state index contributed by atoms with van der Waals surface area (Å²) in [5.41, 5.74) is 0.502. The van der Waals surface area contributed by atoms with Crippen molar-refractivity contribution in [3.8, 4) is 0 Å². The monoisotopic (exact) mass is 171 g/mol. The Balaban J connectivity index is 2.85. The molecular formula is C7H6ClNO2. The second-order valence-electron chi connectivity index (χ2n) is 1.99. The molecule has 0 aliphatic heterocycles. The van der Waals surface area contributed by atoms with Crippen molar-refractivity contribution in [1.82, 2.24) is 4.98 Å². The lowest BCUT2D eigenvalue weighted by atomic mass is 10.2. The van der Waals surface area contributed by atoms with Gasteiger partial charge in [0.15, 0.2) is 5.38 Å². The van der Waals surface area contributed by atoms with Gasteiger partial charge in [-0.3, -0.25) is 9.78 Å². The molecule has 0 saturated carbocycles. The third-order valence-electron chi connectivity index (χ3n) is 1.19. The van der Waals surface area contributed by atoms with Crippen LogP contribution in [-0.2, 0) is 4.79 Å². The van der Waals surface area contributed by atoms with Crippen molar-refractivity contribution in [3.63, 3.8) is 0 Å². The maximum Gasteiger partial charge on any atom is 0.326 e. The van der Waals surface area contributed by atoms with E-state index in [0.29, 0.717) is 5.56 Å². The van der Waals surface area contributed by atoms with Crippen LogP contribution >= 0.6 is 11.6 Å². The molecule has 0 fully saturated rings. The fraction of sp³-hybridized carbons (Fsp3) is 0.143. The number of alkyl halides is 1. The zero-order valence-electron chi connectivity index (χ0n) is 5.57. The van der Waals surface area contributed by atoms with E-state index in [2.05, 4.69) is 4.98 Å². The molecule has 1 rings (SSSR count). The molecule has 11 heavy (non-hydrogen) atoms. The van der Waals surface area contributed by atoms with Gasteiger partial charge in [-0.25, -0.2) is 0 Å². The highest BCUT2D eigenvalue weighted by atomic mass is 35.5. The summed E-state index contributed by atoms with van der Waals surface area (Å²) in [6.45, 7) is 0. The van der Waals surface area contributed by atoms with Gasteiger partial charge in [-0.1, -0.05) is 6.07 Å². The van der Waals surface area contributed by atoms with Crippen LogP contribution in [0.1, 0.15) is 10.9 Å². The summed E-state index contributed by atoms with van der Waals surface area (Å²) in [7, 11) is 0. The second kappa shape index (κ2) is 3.34. The first-order chi connectivity index (χ1) is 5.22. The molecule has 0 aliphatic carbocycles. The van der Waals surface area contributed by atoms with Crippen molar-refractivity contribution in [3.05, 3.63) is 30.1 Å². The Hall–Kier alpha value is -1.09. The zero-order valence-corrected chi connectivity index (χ0v) is 6.32.